The number of aromatic nitrogens is 4. The van der Waals surface area contributed by atoms with Gasteiger partial charge in [0.25, 0.3) is 5.91 Å². The Morgan fingerprint density at radius 2 is 2.15 bits per heavy atom. The molecule has 140 valence electrons. The van der Waals surface area contributed by atoms with Crippen LogP contribution in [0.4, 0.5) is 13.2 Å². The zero-order valence-electron chi connectivity index (χ0n) is 13.8. The summed E-state index contributed by atoms with van der Waals surface area (Å²) >= 11 is 0. The van der Waals surface area contributed by atoms with Crippen LogP contribution in [0, 0.1) is 0 Å². The first-order valence-electron chi connectivity index (χ1n) is 8.17. The highest BCUT2D eigenvalue weighted by atomic mass is 19.4. The third-order valence-electron chi connectivity index (χ3n) is 5.01. The van der Waals surface area contributed by atoms with E-state index < -0.39 is 35.6 Å². The molecular weight excluding hydrogens is 355 g/mol. The lowest BCUT2D eigenvalue weighted by Crippen LogP contribution is -2.46. The number of hydrogen-bond donors (Lipinski definition) is 1. The summed E-state index contributed by atoms with van der Waals surface area (Å²) in [6, 6.07) is 0. The van der Waals surface area contributed by atoms with Crippen molar-refractivity contribution in [2.45, 2.75) is 36.8 Å². The van der Waals surface area contributed by atoms with Gasteiger partial charge in [-0.05, 0) is 19.3 Å². The fourth-order valence-corrected chi connectivity index (χ4v) is 3.21. The van der Waals surface area contributed by atoms with Crippen molar-refractivity contribution in [3.8, 4) is 0 Å². The maximum atomic E-state index is 13.9. The SMILES string of the molecule is Cn1cc(C(=O)N2CCC(c3nc(C4CC4)no3)(C(F)(F)F)C2)[nH]c1=O. The summed E-state index contributed by atoms with van der Waals surface area (Å²) in [5, 5.41) is 3.68. The Balaban J connectivity index is 1.64. The summed E-state index contributed by atoms with van der Waals surface area (Å²) in [5.41, 5.74) is -2.96. The first-order valence-corrected chi connectivity index (χ1v) is 8.17. The number of imidazole rings is 1. The van der Waals surface area contributed by atoms with Crippen molar-refractivity contribution in [2.24, 2.45) is 7.05 Å². The summed E-state index contributed by atoms with van der Waals surface area (Å²) in [7, 11) is 1.44. The van der Waals surface area contributed by atoms with Crippen LogP contribution >= 0.6 is 0 Å². The van der Waals surface area contributed by atoms with E-state index in [-0.39, 0.29) is 24.6 Å². The third-order valence-corrected chi connectivity index (χ3v) is 5.01. The first kappa shape index (κ1) is 16.9. The van der Waals surface area contributed by atoms with Crippen molar-refractivity contribution in [3.05, 3.63) is 34.1 Å². The van der Waals surface area contributed by atoms with E-state index in [1.807, 2.05) is 0 Å². The number of alkyl halides is 3. The Bertz CT molecular complexity index is 910. The molecule has 2 aromatic heterocycles. The molecule has 1 aliphatic heterocycles. The second-order valence-electron chi connectivity index (χ2n) is 6.87. The first-order chi connectivity index (χ1) is 12.2. The minimum atomic E-state index is -4.65. The van der Waals surface area contributed by atoms with Gasteiger partial charge in [0, 0.05) is 32.3 Å². The largest absolute Gasteiger partial charge is 0.405 e. The fraction of sp³-hybridized carbons (Fsp3) is 0.600. The molecule has 1 N–H and O–H groups in total. The Morgan fingerprint density at radius 3 is 2.73 bits per heavy atom. The van der Waals surface area contributed by atoms with E-state index in [2.05, 4.69) is 15.1 Å². The van der Waals surface area contributed by atoms with Crippen LogP contribution in [0.5, 0.6) is 0 Å². The topological polar surface area (TPSA) is 97.0 Å². The maximum absolute atomic E-state index is 13.9. The monoisotopic (exact) mass is 371 g/mol. The van der Waals surface area contributed by atoms with E-state index in [1.165, 1.54) is 13.2 Å². The molecule has 4 rings (SSSR count). The highest BCUT2D eigenvalue weighted by Crippen LogP contribution is 2.48. The molecule has 1 saturated carbocycles. The second-order valence-corrected chi connectivity index (χ2v) is 6.87. The standard InChI is InChI=1S/C15H16F3N5O3/c1-22-6-9(19-13(22)25)11(24)23-5-4-14(7-23,15(16,17)18)12-20-10(21-26-12)8-2-3-8/h6,8H,2-5,7H2,1H3,(H,19,25). The van der Waals surface area contributed by atoms with Crippen molar-refractivity contribution in [1.82, 2.24) is 24.6 Å². The number of nitrogens with zero attached hydrogens (tertiary/aromatic N) is 4. The minimum Gasteiger partial charge on any atom is -0.338 e. The Hall–Kier alpha value is -2.59. The number of aryl methyl sites for hydroxylation is 1. The number of H-pyrrole nitrogens is 1. The minimum absolute atomic E-state index is 0.0559. The van der Waals surface area contributed by atoms with Gasteiger partial charge in [-0.25, -0.2) is 4.79 Å². The van der Waals surface area contributed by atoms with Crippen molar-refractivity contribution in [2.75, 3.05) is 13.1 Å². The highest BCUT2D eigenvalue weighted by molar-refractivity contribution is 5.92. The summed E-state index contributed by atoms with van der Waals surface area (Å²) in [5.74, 6) is -0.813. The zero-order valence-corrected chi connectivity index (χ0v) is 13.8. The average Bonchev–Trinajstić information content (AvgIpc) is 2.99. The van der Waals surface area contributed by atoms with Gasteiger partial charge < -0.3 is 19.0 Å². The van der Waals surface area contributed by atoms with Gasteiger partial charge in [-0.3, -0.25) is 4.79 Å². The number of amides is 1. The van der Waals surface area contributed by atoms with Gasteiger partial charge in [0.2, 0.25) is 5.89 Å². The van der Waals surface area contributed by atoms with E-state index in [0.29, 0.717) is 5.82 Å². The van der Waals surface area contributed by atoms with Gasteiger partial charge >= 0.3 is 11.9 Å². The number of halogens is 3. The predicted molar refractivity (Wildman–Crippen MR) is 80.6 cm³/mol. The molecule has 0 aromatic carbocycles. The van der Waals surface area contributed by atoms with Crippen LogP contribution in [-0.2, 0) is 12.5 Å². The third kappa shape index (κ3) is 2.53. The van der Waals surface area contributed by atoms with E-state index in [4.69, 9.17) is 4.52 Å². The molecule has 1 aliphatic carbocycles. The number of carbonyl (C=O) groups excluding carboxylic acids is 1. The summed E-state index contributed by atoms with van der Waals surface area (Å²) < 4.78 is 47.8. The summed E-state index contributed by atoms with van der Waals surface area (Å²) in [6.07, 6.45) is -2.09. The molecule has 11 heteroatoms. The lowest BCUT2D eigenvalue weighted by atomic mass is 9.86. The predicted octanol–water partition coefficient (Wildman–Crippen LogP) is 1.32. The van der Waals surface area contributed by atoms with E-state index >= 15 is 0 Å². The fourth-order valence-electron chi connectivity index (χ4n) is 3.21. The van der Waals surface area contributed by atoms with Crippen LogP contribution in [0.2, 0.25) is 0 Å². The molecule has 1 atom stereocenters. The smallest absolute Gasteiger partial charge is 0.338 e. The molecule has 0 bridgehead atoms. The maximum Gasteiger partial charge on any atom is 0.405 e. The van der Waals surface area contributed by atoms with Gasteiger partial charge in [0.15, 0.2) is 11.2 Å². The number of hydrogen-bond acceptors (Lipinski definition) is 5. The van der Waals surface area contributed by atoms with Crippen LogP contribution in [0.1, 0.15) is 47.4 Å². The van der Waals surface area contributed by atoms with Crippen molar-refractivity contribution >= 4 is 5.91 Å². The van der Waals surface area contributed by atoms with Crippen LogP contribution in [0.3, 0.4) is 0 Å². The van der Waals surface area contributed by atoms with Crippen molar-refractivity contribution in [3.63, 3.8) is 0 Å². The van der Waals surface area contributed by atoms with E-state index in [9.17, 15) is 22.8 Å². The number of carbonyl (C=O) groups is 1. The number of nitrogens with one attached hydrogen (secondary N) is 1. The lowest BCUT2D eigenvalue weighted by molar-refractivity contribution is -0.193. The molecule has 2 fully saturated rings. The quantitative estimate of drug-likeness (QED) is 0.878. The normalized spacial score (nSPS) is 23.6. The molecule has 8 nitrogen and oxygen atoms in total. The van der Waals surface area contributed by atoms with E-state index in [0.717, 1.165) is 22.3 Å². The molecule has 26 heavy (non-hydrogen) atoms. The van der Waals surface area contributed by atoms with Crippen LogP contribution < -0.4 is 5.69 Å². The van der Waals surface area contributed by atoms with E-state index in [1.54, 1.807) is 0 Å². The second kappa shape index (κ2) is 5.45. The molecule has 0 spiro atoms. The zero-order chi connectivity index (χ0) is 18.7. The van der Waals surface area contributed by atoms with Crippen molar-refractivity contribution in [1.29, 1.82) is 0 Å². The van der Waals surface area contributed by atoms with Gasteiger partial charge in [0.1, 0.15) is 5.69 Å². The molecule has 1 saturated heterocycles. The molecule has 1 unspecified atom stereocenters. The molecule has 1 amide bonds. The number of aromatic amines is 1. The van der Waals surface area contributed by atoms with Gasteiger partial charge in [-0.15, -0.1) is 0 Å². The average molecular weight is 371 g/mol. The molecule has 2 aromatic rings. The summed E-state index contributed by atoms with van der Waals surface area (Å²) in [4.78, 5) is 31.3. The summed E-state index contributed by atoms with van der Waals surface area (Å²) in [6.45, 7) is -0.755. The Kier molecular flexibility index (Phi) is 3.53. The number of rotatable bonds is 3. The van der Waals surface area contributed by atoms with Crippen molar-refractivity contribution < 1.29 is 22.5 Å². The molecular formula is C15H16F3N5O3. The Labute approximate surface area is 145 Å². The highest BCUT2D eigenvalue weighted by Gasteiger charge is 2.63. The molecule has 0 radical (unpaired) electrons. The number of likely N-dealkylation sites (tertiary alicyclic amines) is 1. The van der Waals surface area contributed by atoms with Crippen LogP contribution in [-0.4, -0.2) is 49.8 Å². The lowest BCUT2D eigenvalue weighted by Gasteiger charge is -2.27. The van der Waals surface area contributed by atoms with Crippen LogP contribution in [0.25, 0.3) is 0 Å². The van der Waals surface area contributed by atoms with Gasteiger partial charge in [0.05, 0.1) is 0 Å². The van der Waals surface area contributed by atoms with Gasteiger partial charge in [-0.1, -0.05) is 5.16 Å². The molecule has 2 aliphatic rings. The Morgan fingerprint density at radius 1 is 1.42 bits per heavy atom. The van der Waals surface area contributed by atoms with Gasteiger partial charge in [-0.2, -0.15) is 18.2 Å². The molecule has 3 heterocycles. The van der Waals surface area contributed by atoms with Crippen LogP contribution in [0.15, 0.2) is 15.5 Å².